The Labute approximate surface area is 109 Å². The Hall–Kier alpha value is -1.07. The molecule has 0 saturated heterocycles. The van der Waals surface area contributed by atoms with Crippen molar-refractivity contribution in [1.82, 2.24) is 4.98 Å². The Balaban J connectivity index is 2.83. The minimum Gasteiger partial charge on any atom is -0.411 e. The Morgan fingerprint density at radius 2 is 2.00 bits per heavy atom. The number of nitrogens with zero attached hydrogens (tertiary/aromatic N) is 1. The van der Waals surface area contributed by atoms with E-state index in [0.29, 0.717) is 6.29 Å². The summed E-state index contributed by atoms with van der Waals surface area (Å²) in [5.41, 5.74) is 0.426. The first-order valence-corrected chi connectivity index (χ1v) is 8.83. The molecular weight excluding hydrogens is 249 g/mol. The number of halogens is 1. The number of carbonyl (C=O) groups is 1. The first-order chi connectivity index (χ1) is 8.17. The van der Waals surface area contributed by atoms with Crippen LogP contribution in [-0.4, -0.2) is 19.6 Å². The van der Waals surface area contributed by atoms with Crippen LogP contribution in [-0.2, 0) is 11.0 Å². The maximum absolute atomic E-state index is 13.5. The van der Waals surface area contributed by atoms with E-state index in [1.54, 1.807) is 0 Å². The predicted molar refractivity (Wildman–Crippen MR) is 71.6 cm³/mol. The molecule has 0 fully saturated rings. The Morgan fingerprint density at radius 1 is 1.39 bits per heavy atom. The van der Waals surface area contributed by atoms with Gasteiger partial charge in [-0.1, -0.05) is 20.8 Å². The first kappa shape index (κ1) is 15.0. The highest BCUT2D eigenvalue weighted by molar-refractivity contribution is 6.74. The second-order valence-electron chi connectivity index (χ2n) is 5.83. The zero-order valence-electron chi connectivity index (χ0n) is 11.6. The number of rotatable bonds is 4. The Bertz CT molecular complexity index is 441. The van der Waals surface area contributed by atoms with Crippen LogP contribution in [0.2, 0.25) is 18.1 Å². The number of hydrogen-bond acceptors (Lipinski definition) is 3. The standard InChI is InChI=1S/C13H20FNO2Si/c1-13(2,3)18(4,5)17-9-12-11(14)7-6-10(8-16)15-12/h6-8H,9H2,1-5H3. The lowest BCUT2D eigenvalue weighted by molar-refractivity contribution is 0.111. The van der Waals surface area contributed by atoms with Gasteiger partial charge in [0.15, 0.2) is 14.6 Å². The second kappa shape index (κ2) is 5.28. The molecular formula is C13H20FNO2Si. The number of aromatic nitrogens is 1. The van der Waals surface area contributed by atoms with Crippen LogP contribution in [0.4, 0.5) is 4.39 Å². The Morgan fingerprint density at radius 3 is 2.50 bits per heavy atom. The van der Waals surface area contributed by atoms with Crippen LogP contribution in [0.1, 0.15) is 37.0 Å². The summed E-state index contributed by atoms with van der Waals surface area (Å²) in [6, 6.07) is 2.61. The second-order valence-corrected chi connectivity index (χ2v) is 10.6. The molecule has 0 radical (unpaired) electrons. The molecule has 0 saturated carbocycles. The van der Waals surface area contributed by atoms with Gasteiger partial charge >= 0.3 is 0 Å². The highest BCUT2D eigenvalue weighted by Gasteiger charge is 2.37. The minimum absolute atomic E-state index is 0.0613. The van der Waals surface area contributed by atoms with E-state index >= 15 is 0 Å². The van der Waals surface area contributed by atoms with E-state index in [1.165, 1.54) is 12.1 Å². The summed E-state index contributed by atoms with van der Waals surface area (Å²) in [6.07, 6.45) is 0.606. The lowest BCUT2D eigenvalue weighted by Crippen LogP contribution is -2.40. The maximum Gasteiger partial charge on any atom is 0.192 e. The highest BCUT2D eigenvalue weighted by atomic mass is 28.4. The summed E-state index contributed by atoms with van der Waals surface area (Å²) >= 11 is 0. The van der Waals surface area contributed by atoms with E-state index in [9.17, 15) is 9.18 Å². The highest BCUT2D eigenvalue weighted by Crippen LogP contribution is 2.37. The van der Waals surface area contributed by atoms with Crippen LogP contribution in [0.5, 0.6) is 0 Å². The molecule has 100 valence electrons. The van der Waals surface area contributed by atoms with Crippen LogP contribution >= 0.6 is 0 Å². The third kappa shape index (κ3) is 3.46. The van der Waals surface area contributed by atoms with Gasteiger partial charge in [0.1, 0.15) is 17.2 Å². The predicted octanol–water partition coefficient (Wildman–Crippen LogP) is 3.56. The van der Waals surface area contributed by atoms with Gasteiger partial charge < -0.3 is 4.43 Å². The van der Waals surface area contributed by atoms with Crippen molar-refractivity contribution < 1.29 is 13.6 Å². The molecule has 1 aromatic heterocycles. The van der Waals surface area contributed by atoms with Gasteiger partial charge in [0, 0.05) is 0 Å². The fourth-order valence-corrected chi connectivity index (χ4v) is 2.06. The van der Waals surface area contributed by atoms with Gasteiger partial charge in [-0.3, -0.25) is 4.79 Å². The topological polar surface area (TPSA) is 39.2 Å². The van der Waals surface area contributed by atoms with Gasteiger partial charge in [0.25, 0.3) is 0 Å². The van der Waals surface area contributed by atoms with Crippen molar-refractivity contribution in [2.45, 2.75) is 45.5 Å². The smallest absolute Gasteiger partial charge is 0.192 e. The molecule has 0 spiro atoms. The molecule has 18 heavy (non-hydrogen) atoms. The van der Waals surface area contributed by atoms with Crippen LogP contribution in [0.25, 0.3) is 0 Å². The maximum atomic E-state index is 13.5. The van der Waals surface area contributed by atoms with Crippen LogP contribution in [0.3, 0.4) is 0 Å². The van der Waals surface area contributed by atoms with E-state index in [0.717, 1.165) is 0 Å². The molecule has 0 atom stereocenters. The largest absolute Gasteiger partial charge is 0.411 e. The number of aldehydes is 1. The van der Waals surface area contributed by atoms with Crippen molar-refractivity contribution in [3.05, 3.63) is 29.3 Å². The molecule has 0 unspecified atom stereocenters. The van der Waals surface area contributed by atoms with E-state index in [1.807, 2.05) is 0 Å². The van der Waals surface area contributed by atoms with Gasteiger partial charge in [-0.25, -0.2) is 9.37 Å². The molecule has 0 N–H and O–H groups in total. The van der Waals surface area contributed by atoms with Crippen molar-refractivity contribution in [3.63, 3.8) is 0 Å². The normalized spacial score (nSPS) is 12.6. The summed E-state index contributed by atoms with van der Waals surface area (Å²) in [7, 11) is -1.93. The molecule has 0 aliphatic rings. The van der Waals surface area contributed by atoms with Crippen molar-refractivity contribution >= 4 is 14.6 Å². The average molecular weight is 269 g/mol. The SMILES string of the molecule is CC(C)(C)[Si](C)(C)OCc1nc(C=O)ccc1F. The summed E-state index contributed by atoms with van der Waals surface area (Å²) < 4.78 is 19.4. The zero-order chi connectivity index (χ0) is 14.0. The number of carbonyl (C=O) groups excluding carboxylic acids is 1. The zero-order valence-corrected chi connectivity index (χ0v) is 12.6. The van der Waals surface area contributed by atoms with E-state index in [4.69, 9.17) is 4.43 Å². The van der Waals surface area contributed by atoms with Crippen molar-refractivity contribution in [1.29, 1.82) is 0 Å². The molecule has 1 rings (SSSR count). The summed E-state index contributed by atoms with van der Waals surface area (Å²) in [4.78, 5) is 14.5. The molecule has 0 aliphatic heterocycles. The first-order valence-electron chi connectivity index (χ1n) is 5.92. The van der Waals surface area contributed by atoms with Gasteiger partial charge in [-0.2, -0.15) is 0 Å². The number of pyridine rings is 1. The van der Waals surface area contributed by atoms with Crippen molar-refractivity contribution in [2.75, 3.05) is 0 Å². The van der Waals surface area contributed by atoms with Gasteiger partial charge in [0.05, 0.1) is 6.61 Å². The van der Waals surface area contributed by atoms with Crippen molar-refractivity contribution in [3.8, 4) is 0 Å². The quantitative estimate of drug-likeness (QED) is 0.620. The third-order valence-electron chi connectivity index (χ3n) is 3.44. The third-order valence-corrected chi connectivity index (χ3v) is 7.92. The van der Waals surface area contributed by atoms with Crippen molar-refractivity contribution in [2.24, 2.45) is 0 Å². The monoisotopic (exact) mass is 269 g/mol. The fraction of sp³-hybridized carbons (Fsp3) is 0.538. The molecule has 1 heterocycles. The molecule has 0 bridgehead atoms. The summed E-state index contributed by atoms with van der Waals surface area (Å²) in [5.74, 6) is -0.431. The number of hydrogen-bond donors (Lipinski definition) is 0. The molecule has 3 nitrogen and oxygen atoms in total. The van der Waals surface area contributed by atoms with Gasteiger partial charge in [-0.15, -0.1) is 0 Å². The van der Waals surface area contributed by atoms with E-state index in [-0.39, 0.29) is 23.0 Å². The fourth-order valence-electron chi connectivity index (χ4n) is 1.13. The van der Waals surface area contributed by atoms with E-state index < -0.39 is 14.1 Å². The van der Waals surface area contributed by atoms with Crippen LogP contribution in [0, 0.1) is 5.82 Å². The molecule has 0 aromatic carbocycles. The summed E-state index contributed by atoms with van der Waals surface area (Å²) in [5, 5.41) is 0.0613. The Kier molecular flexibility index (Phi) is 4.40. The average Bonchev–Trinajstić information content (AvgIpc) is 2.26. The molecule has 0 aliphatic carbocycles. The molecule has 0 amide bonds. The summed E-state index contributed by atoms with van der Waals surface area (Å²) in [6.45, 7) is 10.6. The van der Waals surface area contributed by atoms with Gasteiger partial charge in [-0.05, 0) is 30.3 Å². The molecule has 5 heteroatoms. The van der Waals surface area contributed by atoms with Crippen LogP contribution < -0.4 is 0 Å². The lowest BCUT2D eigenvalue weighted by atomic mass is 10.2. The minimum atomic E-state index is -1.93. The molecule has 1 aromatic rings. The van der Waals surface area contributed by atoms with Crippen LogP contribution in [0.15, 0.2) is 12.1 Å². The van der Waals surface area contributed by atoms with E-state index in [2.05, 4.69) is 38.8 Å². The van der Waals surface area contributed by atoms with Gasteiger partial charge in [0.2, 0.25) is 0 Å². The lowest BCUT2D eigenvalue weighted by Gasteiger charge is -2.36.